The molecule has 0 bridgehead atoms. The van der Waals surface area contributed by atoms with Gasteiger partial charge in [-0.25, -0.2) is 4.98 Å². The number of carbonyl (C=O) groups is 2. The van der Waals surface area contributed by atoms with Crippen LogP contribution < -0.4 is 16.4 Å². The largest absolute Gasteiger partial charge is 0.372 e. The van der Waals surface area contributed by atoms with Crippen molar-refractivity contribution in [3.8, 4) is 0 Å². The van der Waals surface area contributed by atoms with Crippen LogP contribution in [0.15, 0.2) is 29.6 Å². The van der Waals surface area contributed by atoms with E-state index in [0.29, 0.717) is 28.6 Å². The minimum absolute atomic E-state index is 0.261. The first kappa shape index (κ1) is 17.1. The number of thiazole rings is 1. The molecule has 0 aliphatic carbocycles. The third kappa shape index (κ3) is 4.59. The molecule has 0 aliphatic rings. The Morgan fingerprint density at radius 3 is 2.65 bits per heavy atom. The fourth-order valence-electron chi connectivity index (χ4n) is 1.73. The normalized spacial score (nSPS) is 11.8. The SMILES string of the molecule is COC(C)C(=O)Nc1cccc(NC(=O)c2csc(CN)n2)c1. The number of rotatable bonds is 6. The van der Waals surface area contributed by atoms with Crippen molar-refractivity contribution in [3.05, 3.63) is 40.3 Å². The Labute approximate surface area is 137 Å². The van der Waals surface area contributed by atoms with Crippen molar-refractivity contribution in [2.45, 2.75) is 19.6 Å². The number of ether oxygens (including phenoxy) is 1. The average molecular weight is 334 g/mol. The van der Waals surface area contributed by atoms with Crippen molar-refractivity contribution in [1.82, 2.24) is 4.98 Å². The molecule has 2 rings (SSSR count). The molecule has 122 valence electrons. The smallest absolute Gasteiger partial charge is 0.275 e. The number of carbonyl (C=O) groups excluding carboxylic acids is 2. The van der Waals surface area contributed by atoms with E-state index >= 15 is 0 Å². The molecule has 2 aromatic rings. The van der Waals surface area contributed by atoms with Crippen molar-refractivity contribution in [2.75, 3.05) is 17.7 Å². The quantitative estimate of drug-likeness (QED) is 0.747. The van der Waals surface area contributed by atoms with Crippen LogP contribution in [0.25, 0.3) is 0 Å². The summed E-state index contributed by atoms with van der Waals surface area (Å²) in [5.74, 6) is -0.585. The summed E-state index contributed by atoms with van der Waals surface area (Å²) in [7, 11) is 1.46. The molecule has 0 spiro atoms. The zero-order valence-electron chi connectivity index (χ0n) is 12.8. The second-order valence-electron chi connectivity index (χ2n) is 4.73. The van der Waals surface area contributed by atoms with Crippen molar-refractivity contribution in [1.29, 1.82) is 0 Å². The van der Waals surface area contributed by atoms with E-state index < -0.39 is 6.10 Å². The number of hydrogen-bond donors (Lipinski definition) is 3. The van der Waals surface area contributed by atoms with Gasteiger partial charge in [0.05, 0.1) is 0 Å². The Hall–Kier alpha value is -2.29. The predicted molar refractivity (Wildman–Crippen MR) is 89.5 cm³/mol. The first-order valence-corrected chi connectivity index (χ1v) is 7.81. The maximum Gasteiger partial charge on any atom is 0.275 e. The Bertz CT molecular complexity index is 702. The topological polar surface area (TPSA) is 106 Å². The lowest BCUT2D eigenvalue weighted by Crippen LogP contribution is -2.26. The van der Waals surface area contributed by atoms with E-state index in [9.17, 15) is 9.59 Å². The van der Waals surface area contributed by atoms with Crippen LogP contribution in [0.3, 0.4) is 0 Å². The van der Waals surface area contributed by atoms with Gasteiger partial charge in [-0.15, -0.1) is 11.3 Å². The van der Waals surface area contributed by atoms with Crippen LogP contribution in [-0.2, 0) is 16.1 Å². The summed E-state index contributed by atoms with van der Waals surface area (Å²) in [5.41, 5.74) is 6.92. The maximum absolute atomic E-state index is 12.1. The van der Waals surface area contributed by atoms with E-state index in [0.717, 1.165) is 0 Å². The van der Waals surface area contributed by atoms with Crippen LogP contribution in [-0.4, -0.2) is 30.0 Å². The molecule has 0 saturated carbocycles. The summed E-state index contributed by atoms with van der Waals surface area (Å²) in [6.07, 6.45) is -0.557. The number of nitrogens with one attached hydrogen (secondary N) is 2. The van der Waals surface area contributed by atoms with Crippen molar-refractivity contribution >= 4 is 34.5 Å². The average Bonchev–Trinajstić information content (AvgIpc) is 3.03. The van der Waals surface area contributed by atoms with E-state index in [2.05, 4.69) is 15.6 Å². The Balaban J connectivity index is 2.04. The fourth-order valence-corrected chi connectivity index (χ4v) is 2.38. The number of aromatic nitrogens is 1. The number of hydrogen-bond acceptors (Lipinski definition) is 6. The lowest BCUT2D eigenvalue weighted by atomic mass is 10.2. The monoisotopic (exact) mass is 334 g/mol. The van der Waals surface area contributed by atoms with Gasteiger partial charge in [0.2, 0.25) is 0 Å². The Morgan fingerprint density at radius 2 is 2.04 bits per heavy atom. The van der Waals surface area contributed by atoms with Gasteiger partial charge in [0.1, 0.15) is 16.8 Å². The van der Waals surface area contributed by atoms with E-state index in [1.807, 2.05) is 0 Å². The van der Waals surface area contributed by atoms with Gasteiger partial charge in [-0.05, 0) is 25.1 Å². The summed E-state index contributed by atoms with van der Waals surface area (Å²) < 4.78 is 4.95. The highest BCUT2D eigenvalue weighted by atomic mass is 32.1. The van der Waals surface area contributed by atoms with Crippen LogP contribution in [0.5, 0.6) is 0 Å². The van der Waals surface area contributed by atoms with Gasteiger partial charge < -0.3 is 21.1 Å². The third-order valence-electron chi connectivity index (χ3n) is 3.07. The molecule has 1 atom stereocenters. The van der Waals surface area contributed by atoms with E-state index in [1.54, 1.807) is 36.6 Å². The maximum atomic E-state index is 12.1. The highest BCUT2D eigenvalue weighted by Crippen LogP contribution is 2.17. The molecule has 2 amide bonds. The lowest BCUT2D eigenvalue weighted by Gasteiger charge is -2.11. The highest BCUT2D eigenvalue weighted by Gasteiger charge is 2.13. The Kier molecular flexibility index (Phi) is 5.80. The van der Waals surface area contributed by atoms with Gasteiger partial charge in [0.25, 0.3) is 11.8 Å². The Morgan fingerprint density at radius 1 is 1.35 bits per heavy atom. The second-order valence-corrected chi connectivity index (χ2v) is 5.68. The van der Waals surface area contributed by atoms with Gasteiger partial charge in [0, 0.05) is 30.4 Å². The first-order valence-electron chi connectivity index (χ1n) is 6.93. The van der Waals surface area contributed by atoms with Crippen molar-refractivity contribution in [3.63, 3.8) is 0 Å². The molecule has 0 fully saturated rings. The highest BCUT2D eigenvalue weighted by molar-refractivity contribution is 7.09. The summed E-state index contributed by atoms with van der Waals surface area (Å²) >= 11 is 1.34. The minimum Gasteiger partial charge on any atom is -0.372 e. The molecule has 1 unspecified atom stereocenters. The summed E-state index contributed by atoms with van der Waals surface area (Å²) in [6, 6.07) is 6.85. The number of benzene rings is 1. The van der Waals surface area contributed by atoms with Gasteiger partial charge in [-0.1, -0.05) is 6.07 Å². The van der Waals surface area contributed by atoms with Gasteiger partial charge in [-0.3, -0.25) is 9.59 Å². The molecular formula is C15H18N4O3S. The van der Waals surface area contributed by atoms with Crippen LogP contribution in [0.2, 0.25) is 0 Å². The molecule has 1 aromatic carbocycles. The van der Waals surface area contributed by atoms with E-state index in [-0.39, 0.29) is 11.8 Å². The molecule has 4 N–H and O–H groups in total. The van der Waals surface area contributed by atoms with Gasteiger partial charge in [-0.2, -0.15) is 0 Å². The number of nitrogens with two attached hydrogens (primary N) is 1. The summed E-state index contributed by atoms with van der Waals surface area (Å²) in [6.45, 7) is 1.95. The predicted octanol–water partition coefficient (Wildman–Crippen LogP) is 1.83. The summed E-state index contributed by atoms with van der Waals surface area (Å²) in [4.78, 5) is 28.0. The van der Waals surface area contributed by atoms with E-state index in [4.69, 9.17) is 10.5 Å². The van der Waals surface area contributed by atoms with Crippen molar-refractivity contribution < 1.29 is 14.3 Å². The minimum atomic E-state index is -0.557. The molecule has 7 nitrogen and oxygen atoms in total. The molecule has 8 heteroatoms. The van der Waals surface area contributed by atoms with E-state index in [1.165, 1.54) is 18.4 Å². The molecule has 23 heavy (non-hydrogen) atoms. The second kappa shape index (κ2) is 7.82. The van der Waals surface area contributed by atoms with Crippen LogP contribution in [0.1, 0.15) is 22.4 Å². The van der Waals surface area contributed by atoms with Crippen LogP contribution in [0.4, 0.5) is 11.4 Å². The molecule has 1 heterocycles. The standard InChI is InChI=1S/C15H18N4O3S/c1-9(22-2)14(20)17-10-4-3-5-11(6-10)18-15(21)12-8-23-13(7-16)19-12/h3-6,8-9H,7,16H2,1-2H3,(H,17,20)(H,18,21). The number of nitrogens with zero attached hydrogens (tertiary/aromatic N) is 1. The zero-order valence-corrected chi connectivity index (χ0v) is 13.6. The van der Waals surface area contributed by atoms with Crippen molar-refractivity contribution in [2.24, 2.45) is 5.73 Å². The molecule has 0 aliphatic heterocycles. The van der Waals surface area contributed by atoms with Gasteiger partial charge in [0.15, 0.2) is 0 Å². The number of anilines is 2. The summed E-state index contributed by atoms with van der Waals surface area (Å²) in [5, 5.41) is 7.80. The van der Waals surface area contributed by atoms with Crippen LogP contribution in [0, 0.1) is 0 Å². The first-order chi connectivity index (χ1) is 11.0. The van der Waals surface area contributed by atoms with Crippen LogP contribution >= 0.6 is 11.3 Å². The fraction of sp³-hybridized carbons (Fsp3) is 0.267. The molecule has 0 radical (unpaired) electrons. The molecular weight excluding hydrogens is 316 g/mol. The number of amides is 2. The number of methoxy groups -OCH3 is 1. The lowest BCUT2D eigenvalue weighted by molar-refractivity contribution is -0.124. The van der Waals surface area contributed by atoms with Gasteiger partial charge >= 0.3 is 0 Å². The molecule has 0 saturated heterocycles. The third-order valence-corrected chi connectivity index (χ3v) is 3.94. The zero-order chi connectivity index (χ0) is 16.8. The molecule has 1 aromatic heterocycles.